The van der Waals surface area contributed by atoms with Crippen LogP contribution < -0.4 is 5.73 Å². The number of nitrogen functional groups attached to an aromatic ring is 1. The first-order valence-electron chi connectivity index (χ1n) is 13.6. The summed E-state index contributed by atoms with van der Waals surface area (Å²) >= 11 is 0. The summed E-state index contributed by atoms with van der Waals surface area (Å²) in [4.78, 5) is 33.2. The van der Waals surface area contributed by atoms with Crippen molar-refractivity contribution in [1.82, 2.24) is 34.0 Å². The van der Waals surface area contributed by atoms with Crippen molar-refractivity contribution in [2.24, 2.45) is 5.41 Å². The second-order valence-corrected chi connectivity index (χ2v) is 11.7. The van der Waals surface area contributed by atoms with E-state index >= 15 is 0 Å². The molecule has 2 saturated heterocycles. The highest BCUT2D eigenvalue weighted by atomic mass is 16.5. The van der Waals surface area contributed by atoms with Crippen LogP contribution >= 0.6 is 0 Å². The second kappa shape index (κ2) is 9.56. The van der Waals surface area contributed by atoms with Crippen molar-refractivity contribution in [2.75, 3.05) is 32.0 Å². The largest absolute Gasteiger partial charge is 0.386 e. The molecule has 11 nitrogen and oxygen atoms in total. The number of amides is 1. The normalized spacial score (nSPS) is 23.6. The lowest BCUT2D eigenvalue weighted by Gasteiger charge is -2.43. The van der Waals surface area contributed by atoms with Crippen LogP contribution in [0, 0.1) is 5.41 Å². The van der Waals surface area contributed by atoms with Crippen LogP contribution in [0.15, 0.2) is 36.9 Å². The summed E-state index contributed by atoms with van der Waals surface area (Å²) in [6, 6.07) is 7.67. The molecule has 6 rings (SSSR count). The maximum Gasteiger partial charge on any atom is 0.242 e. The Balaban J connectivity index is 1.21. The minimum Gasteiger partial charge on any atom is -0.386 e. The molecule has 3 N–H and O–H groups in total. The zero-order valence-corrected chi connectivity index (χ0v) is 22.7. The van der Waals surface area contributed by atoms with E-state index in [1.165, 1.54) is 6.33 Å². The number of carbonyl (C=O) groups is 1. The van der Waals surface area contributed by atoms with Gasteiger partial charge in [-0.2, -0.15) is 0 Å². The van der Waals surface area contributed by atoms with Crippen LogP contribution in [0.5, 0.6) is 0 Å². The molecule has 0 bridgehead atoms. The fourth-order valence-corrected chi connectivity index (χ4v) is 6.27. The van der Waals surface area contributed by atoms with Crippen LogP contribution in [0.1, 0.15) is 57.8 Å². The van der Waals surface area contributed by atoms with E-state index < -0.39 is 5.60 Å². The molecule has 0 saturated carbocycles. The van der Waals surface area contributed by atoms with Crippen molar-refractivity contribution in [3.63, 3.8) is 0 Å². The zero-order chi connectivity index (χ0) is 27.4. The van der Waals surface area contributed by atoms with Gasteiger partial charge in [-0.3, -0.25) is 4.79 Å². The summed E-state index contributed by atoms with van der Waals surface area (Å²) in [5.41, 5.74) is 7.76. The van der Waals surface area contributed by atoms with Gasteiger partial charge in [0, 0.05) is 19.0 Å². The molecule has 0 unspecified atom stereocenters. The summed E-state index contributed by atoms with van der Waals surface area (Å²) < 4.78 is 10.1. The molecule has 1 aromatic carbocycles. The van der Waals surface area contributed by atoms with E-state index in [2.05, 4.69) is 33.4 Å². The van der Waals surface area contributed by atoms with Crippen LogP contribution in [0.2, 0.25) is 0 Å². The minimum absolute atomic E-state index is 0.0979. The second-order valence-electron chi connectivity index (χ2n) is 11.7. The van der Waals surface area contributed by atoms with Gasteiger partial charge in [-0.1, -0.05) is 26.0 Å². The predicted molar refractivity (Wildman–Crippen MR) is 147 cm³/mol. The van der Waals surface area contributed by atoms with Gasteiger partial charge in [0.15, 0.2) is 11.5 Å². The number of fused-ring (bicyclic) bond motifs is 2. The third-order valence-corrected chi connectivity index (χ3v) is 8.54. The van der Waals surface area contributed by atoms with Crippen molar-refractivity contribution in [3.8, 4) is 0 Å². The van der Waals surface area contributed by atoms with E-state index in [0.717, 1.165) is 29.7 Å². The Labute approximate surface area is 227 Å². The van der Waals surface area contributed by atoms with Gasteiger partial charge >= 0.3 is 0 Å². The zero-order valence-electron chi connectivity index (χ0n) is 22.7. The van der Waals surface area contributed by atoms with Gasteiger partial charge in [0.1, 0.15) is 29.8 Å². The number of carbonyl (C=O) groups excluding carboxylic acids is 1. The van der Waals surface area contributed by atoms with E-state index in [-0.39, 0.29) is 36.4 Å². The lowest BCUT2D eigenvalue weighted by atomic mass is 9.72. The first-order chi connectivity index (χ1) is 18.7. The van der Waals surface area contributed by atoms with Gasteiger partial charge in [-0.05, 0) is 43.7 Å². The number of benzene rings is 1. The number of hydrogen-bond donors (Lipinski definition) is 2. The molecular formula is C28H36N8O3. The average Bonchev–Trinajstić information content (AvgIpc) is 3.47. The number of rotatable bonds is 4. The highest BCUT2D eigenvalue weighted by Crippen LogP contribution is 2.46. The summed E-state index contributed by atoms with van der Waals surface area (Å²) in [6.07, 6.45) is 5.37. The van der Waals surface area contributed by atoms with Crippen LogP contribution in [-0.2, 0) is 16.1 Å². The lowest BCUT2D eigenvalue weighted by molar-refractivity contribution is -0.135. The molecule has 3 aromatic heterocycles. The number of piperidine rings is 1. The van der Waals surface area contributed by atoms with Crippen LogP contribution in [0.25, 0.3) is 22.2 Å². The van der Waals surface area contributed by atoms with Crippen LogP contribution in [-0.4, -0.2) is 76.9 Å². The number of aliphatic hydroxyl groups is 1. The molecule has 4 aromatic rings. The maximum atomic E-state index is 13.5. The summed E-state index contributed by atoms with van der Waals surface area (Å²) in [5.74, 6) is 1.55. The third-order valence-electron chi connectivity index (χ3n) is 8.54. The average molecular weight is 533 g/mol. The van der Waals surface area contributed by atoms with Gasteiger partial charge in [-0.15, -0.1) is 0 Å². The van der Waals surface area contributed by atoms with Crippen molar-refractivity contribution in [2.45, 2.75) is 64.1 Å². The SMILES string of the molecule is CC(C)c1nc2ccccc2n1CC(=O)N1CCC2(CC1)COC[C@@](C)(O)[C@H](n1cnc3c(N)ncnc31)C2. The topological polar surface area (TPSA) is 137 Å². The van der Waals surface area contributed by atoms with E-state index in [1.807, 2.05) is 33.7 Å². The van der Waals surface area contributed by atoms with Crippen molar-refractivity contribution in [3.05, 3.63) is 42.7 Å². The Hall–Kier alpha value is -3.57. The standard InChI is InChI=1S/C28H36N8O3/c1-18(2)25-33-19-6-4-5-7-20(19)35(25)13-22(37)34-10-8-28(9-11-34)12-21(27(3,38)14-39-15-28)36-17-32-23-24(29)30-16-31-26(23)36/h4-7,16-18,21,38H,8-15H2,1-3H3,(H2,29,30,31)/t21-,27-/m1/s1. The van der Waals surface area contributed by atoms with E-state index in [0.29, 0.717) is 43.1 Å². The molecule has 39 heavy (non-hydrogen) atoms. The molecule has 2 fully saturated rings. The van der Waals surface area contributed by atoms with Crippen molar-refractivity contribution in [1.29, 1.82) is 0 Å². The lowest BCUT2D eigenvalue weighted by Crippen LogP contribution is -2.47. The smallest absolute Gasteiger partial charge is 0.242 e. The number of imidazole rings is 2. The molecule has 206 valence electrons. The number of likely N-dealkylation sites (tertiary alicyclic amines) is 1. The van der Waals surface area contributed by atoms with Crippen molar-refractivity contribution < 1.29 is 14.6 Å². The fourth-order valence-electron chi connectivity index (χ4n) is 6.27. The molecular weight excluding hydrogens is 496 g/mol. The molecule has 0 radical (unpaired) electrons. The number of anilines is 1. The number of hydrogen-bond acceptors (Lipinski definition) is 8. The van der Waals surface area contributed by atoms with E-state index in [4.69, 9.17) is 15.5 Å². The summed E-state index contributed by atoms with van der Waals surface area (Å²) in [5, 5.41) is 11.4. The molecule has 1 spiro atoms. The Morgan fingerprint density at radius 1 is 1.18 bits per heavy atom. The first-order valence-corrected chi connectivity index (χ1v) is 13.6. The summed E-state index contributed by atoms with van der Waals surface area (Å²) in [6.45, 7) is 8.30. The first kappa shape index (κ1) is 25.7. The van der Waals surface area contributed by atoms with E-state index in [1.54, 1.807) is 13.3 Å². The Morgan fingerprint density at radius 2 is 1.95 bits per heavy atom. The quantitative estimate of drug-likeness (QED) is 0.409. The third kappa shape index (κ3) is 4.53. The molecule has 2 atom stereocenters. The van der Waals surface area contributed by atoms with Gasteiger partial charge < -0.3 is 29.6 Å². The number of nitrogens with two attached hydrogens (primary N) is 1. The number of ether oxygens (including phenoxy) is 1. The van der Waals surface area contributed by atoms with Crippen LogP contribution in [0.3, 0.4) is 0 Å². The molecule has 1 amide bonds. The van der Waals surface area contributed by atoms with Crippen molar-refractivity contribution >= 4 is 33.9 Å². The molecule has 5 heterocycles. The van der Waals surface area contributed by atoms with Crippen LogP contribution in [0.4, 0.5) is 5.82 Å². The summed E-state index contributed by atoms with van der Waals surface area (Å²) in [7, 11) is 0. The highest BCUT2D eigenvalue weighted by Gasteiger charge is 2.47. The highest BCUT2D eigenvalue weighted by molar-refractivity contribution is 5.82. The van der Waals surface area contributed by atoms with E-state index in [9.17, 15) is 9.90 Å². The fraction of sp³-hybridized carbons (Fsp3) is 0.536. The Bertz CT molecular complexity index is 1520. The predicted octanol–water partition coefficient (Wildman–Crippen LogP) is 2.90. The van der Waals surface area contributed by atoms with Gasteiger partial charge in [0.25, 0.3) is 0 Å². The monoisotopic (exact) mass is 532 g/mol. The maximum absolute atomic E-state index is 13.5. The Kier molecular flexibility index (Phi) is 6.30. The molecule has 2 aliphatic rings. The number of aromatic nitrogens is 6. The number of nitrogens with zero attached hydrogens (tertiary/aromatic N) is 7. The van der Waals surface area contributed by atoms with Gasteiger partial charge in [0.2, 0.25) is 5.91 Å². The number of para-hydroxylation sites is 2. The minimum atomic E-state index is -1.13. The molecule has 2 aliphatic heterocycles. The Morgan fingerprint density at radius 3 is 2.72 bits per heavy atom. The molecule has 11 heteroatoms. The molecule has 0 aliphatic carbocycles. The van der Waals surface area contributed by atoms with Gasteiger partial charge in [0.05, 0.1) is 36.6 Å². The van der Waals surface area contributed by atoms with Gasteiger partial charge in [-0.25, -0.2) is 19.9 Å².